The van der Waals surface area contributed by atoms with E-state index in [4.69, 9.17) is 0 Å². The van der Waals surface area contributed by atoms with Gasteiger partial charge in [-0.2, -0.15) is 13.5 Å². The molecule has 3 heteroatoms. The maximum atomic E-state index is 3.67. The van der Waals surface area contributed by atoms with Crippen molar-refractivity contribution < 1.29 is 0 Å². The first-order chi connectivity index (χ1) is 1.00. The van der Waals surface area contributed by atoms with Crippen LogP contribution in [0.3, 0.4) is 0 Å². The van der Waals surface area contributed by atoms with Crippen molar-refractivity contribution in [1.82, 2.24) is 0 Å². The molecule has 0 aliphatic carbocycles. The minimum Gasteiger partial charge on any atom is -0.197 e. The fourth-order valence-electron chi connectivity index (χ4n) is 0. The molecule has 0 aromatic heterocycles. The van der Waals surface area contributed by atoms with E-state index in [0.717, 1.165) is 0 Å². The lowest BCUT2D eigenvalue weighted by Gasteiger charge is -0.707. The van der Waals surface area contributed by atoms with Gasteiger partial charge in [0.25, 0.3) is 0 Å². The summed E-state index contributed by atoms with van der Waals surface area (Å²) in [5.41, 5.74) is 0. The summed E-state index contributed by atoms with van der Waals surface area (Å²) >= 11 is 7.33. The lowest BCUT2D eigenvalue weighted by atomic mass is 12.0. The van der Waals surface area contributed by atoms with Gasteiger partial charge in [-0.25, -0.2) is 0 Å². The Morgan fingerprint density at radius 3 is 0.800 bits per heavy atom. The van der Waals surface area contributed by atoms with Crippen LogP contribution >= 0.6 is 13.5 Å². The molecule has 0 N–H and O–H groups in total. The highest BCUT2D eigenvalue weighted by Crippen LogP contribution is 0.705. The summed E-state index contributed by atoms with van der Waals surface area (Å²) < 4.78 is 0. The zero-order valence-corrected chi connectivity index (χ0v) is 3.95. The van der Waals surface area contributed by atoms with Crippen LogP contribution in [0.1, 0.15) is 14.9 Å². The molecule has 0 rings (SSSR count). The maximum Gasteiger partial charge on any atom is 0 e. The van der Waals surface area contributed by atoms with Crippen LogP contribution < -0.4 is 0 Å². The molecule has 0 aromatic rings. The second kappa shape index (κ2) is 110. The van der Waals surface area contributed by atoms with Crippen LogP contribution in [-0.4, -0.2) is 0 Å². The van der Waals surface area contributed by atoms with Crippen molar-refractivity contribution in [2.45, 2.75) is 14.9 Å². The first-order valence-corrected chi connectivity index (χ1v) is 1.50. The molecule has 0 fully saturated rings. The summed E-state index contributed by atoms with van der Waals surface area (Å²) in [7, 11) is 0. The molecular weight excluding hydrogens is 120 g/mol. The Hall–Kier alpha value is 0.790. The monoisotopic (exact) mass is 130 g/mol. The van der Waals surface area contributed by atoms with Crippen LogP contribution in [0.25, 0.3) is 0 Å². The van der Waals surface area contributed by atoms with Gasteiger partial charge in [-0.15, -0.1) is 0 Å². The molecule has 0 radical (unpaired) electrons. The fraction of sp³-hybridized carbons (Fsp3) is 1.00. The summed E-state index contributed by atoms with van der Waals surface area (Å²) in [5.74, 6) is 0. The maximum absolute atomic E-state index is 3.67. The van der Waals surface area contributed by atoms with Crippen molar-refractivity contribution in [3.8, 4) is 0 Å². The normalized spacial score (nSPS) is 0.800. The topological polar surface area (TPSA) is 0 Å². The minimum absolute atomic E-state index is 0. The first kappa shape index (κ1) is 41.5. The quantitative estimate of drug-likeness (QED) is 0.486. The lowest BCUT2D eigenvalue weighted by molar-refractivity contribution is 2.50. The fourth-order valence-corrected chi connectivity index (χ4v) is 0. The van der Waals surface area contributed by atoms with Gasteiger partial charge in [0.2, 0.25) is 0 Å². The lowest BCUT2D eigenvalue weighted by Crippen LogP contribution is -0.710. The van der Waals surface area contributed by atoms with Gasteiger partial charge in [0, 0.05) is 22.4 Å². The molecule has 36 valence electrons. The van der Waals surface area contributed by atoms with E-state index in [1.165, 1.54) is 0 Å². The number of hydrogen-bond acceptors (Lipinski definition) is 2. The highest BCUT2D eigenvalue weighted by atomic mass is 32.8. The average Bonchev–Trinajstić information content (AvgIpc) is 1.00. The molecule has 0 bridgehead atoms. The Morgan fingerprint density at radius 1 is 0.800 bits per heavy atom. The van der Waals surface area contributed by atoms with Gasteiger partial charge in [0.1, 0.15) is 0 Å². The predicted octanol–water partition coefficient (Wildman–Crippen LogP) is 1.38. The summed E-state index contributed by atoms with van der Waals surface area (Å²) in [4.78, 5) is 0. The van der Waals surface area contributed by atoms with Crippen molar-refractivity contribution in [1.29, 1.82) is 0 Å². The van der Waals surface area contributed by atoms with Crippen molar-refractivity contribution in [3.05, 3.63) is 0 Å². The Labute approximate surface area is 51.1 Å². The van der Waals surface area contributed by atoms with Crippen LogP contribution in [0.15, 0.2) is 0 Å². The van der Waals surface area contributed by atoms with E-state index >= 15 is 0 Å². The van der Waals surface area contributed by atoms with E-state index in [1.807, 2.05) is 0 Å². The van der Waals surface area contributed by atoms with Gasteiger partial charge >= 0.3 is 0 Å². The second-order valence-corrected chi connectivity index (χ2v) is 0. The van der Waals surface area contributed by atoms with Crippen molar-refractivity contribution in [2.24, 2.45) is 0 Å². The SMILES string of the molecule is C.C.S.S=S. The van der Waals surface area contributed by atoms with E-state index in [0.29, 0.717) is 0 Å². The summed E-state index contributed by atoms with van der Waals surface area (Å²) in [5, 5.41) is 0. The Kier molecular flexibility index (Phi) is 914. The summed E-state index contributed by atoms with van der Waals surface area (Å²) in [6.45, 7) is 0. The zero-order valence-electron chi connectivity index (χ0n) is 1.32. The van der Waals surface area contributed by atoms with Gasteiger partial charge in [0.15, 0.2) is 0 Å². The molecule has 0 aliphatic rings. The van der Waals surface area contributed by atoms with Gasteiger partial charge in [-0.05, 0) is 0 Å². The average molecular weight is 130 g/mol. The van der Waals surface area contributed by atoms with E-state index in [-0.39, 0.29) is 28.3 Å². The second-order valence-electron chi connectivity index (χ2n) is 0. The molecule has 0 saturated heterocycles. The molecule has 0 aliphatic heterocycles. The largest absolute Gasteiger partial charge is 0.197 e. The molecular formula is C2H10S3. The van der Waals surface area contributed by atoms with Crippen LogP contribution in [-0.2, 0) is 22.4 Å². The standard InChI is InChI=1S/2CH4.S2.H2S/c;;1-2;/h2*1H4;;1H2. The molecule has 0 atom stereocenters. The van der Waals surface area contributed by atoms with E-state index in [9.17, 15) is 0 Å². The van der Waals surface area contributed by atoms with Gasteiger partial charge < -0.3 is 0 Å². The number of rotatable bonds is 0. The predicted molar refractivity (Wildman–Crippen MR) is 38.6 cm³/mol. The molecule has 0 unspecified atom stereocenters. The third-order valence-corrected chi connectivity index (χ3v) is 0. The van der Waals surface area contributed by atoms with E-state index in [2.05, 4.69) is 22.4 Å². The van der Waals surface area contributed by atoms with Crippen LogP contribution in [0, 0.1) is 0 Å². The molecule has 0 aromatic carbocycles. The van der Waals surface area contributed by atoms with Gasteiger partial charge in [-0.3, -0.25) is 0 Å². The Morgan fingerprint density at radius 2 is 0.800 bits per heavy atom. The highest BCUT2D eigenvalue weighted by Gasteiger charge is 0.707. The van der Waals surface area contributed by atoms with Crippen molar-refractivity contribution >= 4 is 35.9 Å². The van der Waals surface area contributed by atoms with Crippen molar-refractivity contribution in [2.75, 3.05) is 0 Å². The van der Waals surface area contributed by atoms with E-state index < -0.39 is 0 Å². The molecule has 0 nitrogen and oxygen atoms in total. The molecule has 0 saturated carbocycles. The summed E-state index contributed by atoms with van der Waals surface area (Å²) in [6, 6.07) is 0. The van der Waals surface area contributed by atoms with Crippen LogP contribution in [0.5, 0.6) is 0 Å². The molecule has 0 spiro atoms. The Balaban J connectivity index is -0.00000000167. The molecule has 0 heterocycles. The third-order valence-electron chi connectivity index (χ3n) is 0. The van der Waals surface area contributed by atoms with E-state index in [1.54, 1.807) is 0 Å². The smallest absolute Gasteiger partial charge is 0 e. The number of hydrogen-bond donors (Lipinski definition) is 0. The zero-order chi connectivity index (χ0) is 2.00. The Bertz CT molecular complexity index is 4.85. The van der Waals surface area contributed by atoms with Gasteiger partial charge in [0.05, 0.1) is 0 Å². The van der Waals surface area contributed by atoms with Gasteiger partial charge in [-0.1, -0.05) is 14.9 Å². The summed E-state index contributed by atoms with van der Waals surface area (Å²) in [6.07, 6.45) is 0. The van der Waals surface area contributed by atoms with Crippen LogP contribution in [0.4, 0.5) is 0 Å². The third kappa shape index (κ3) is 59.7. The van der Waals surface area contributed by atoms with Crippen LogP contribution in [0.2, 0.25) is 0 Å². The minimum atomic E-state index is 0. The molecule has 0 amide bonds. The molecule has 5 heavy (non-hydrogen) atoms. The highest BCUT2D eigenvalue weighted by molar-refractivity contribution is 8.07. The van der Waals surface area contributed by atoms with Crippen molar-refractivity contribution in [3.63, 3.8) is 0 Å². The first-order valence-electron chi connectivity index (χ1n) is 0.167.